The maximum absolute atomic E-state index is 9.19. The SMILES string of the molecule is N#C/C(=C\c1ccsc1)c1nc2ccccc2o1. The van der Waals surface area contributed by atoms with E-state index in [1.165, 1.54) is 0 Å². The van der Waals surface area contributed by atoms with Gasteiger partial charge < -0.3 is 4.42 Å². The second-order valence-electron chi connectivity index (χ2n) is 3.71. The molecule has 1 aromatic carbocycles. The van der Waals surface area contributed by atoms with Crippen LogP contribution in [0.2, 0.25) is 0 Å². The molecule has 0 fully saturated rings. The monoisotopic (exact) mass is 252 g/mol. The van der Waals surface area contributed by atoms with Crippen LogP contribution in [0.15, 0.2) is 45.5 Å². The molecule has 0 aliphatic carbocycles. The number of fused-ring (bicyclic) bond motifs is 1. The van der Waals surface area contributed by atoms with Crippen molar-refractivity contribution in [3.63, 3.8) is 0 Å². The normalized spacial score (nSPS) is 11.6. The molecular weight excluding hydrogens is 244 g/mol. The minimum atomic E-state index is 0.366. The smallest absolute Gasteiger partial charge is 0.238 e. The Morgan fingerprint density at radius 1 is 1.33 bits per heavy atom. The standard InChI is InChI=1S/C14H8N2OS/c15-8-11(7-10-5-6-18-9-10)14-16-12-3-1-2-4-13(12)17-14/h1-7,9H/b11-7+. The number of oxazole rings is 1. The lowest BCUT2D eigenvalue weighted by Crippen LogP contribution is -1.80. The maximum atomic E-state index is 9.19. The molecule has 4 heteroatoms. The number of allylic oxidation sites excluding steroid dienone is 1. The van der Waals surface area contributed by atoms with Crippen LogP contribution in [0.3, 0.4) is 0 Å². The van der Waals surface area contributed by atoms with Gasteiger partial charge in [0, 0.05) is 0 Å². The summed E-state index contributed by atoms with van der Waals surface area (Å²) in [5.74, 6) is 0.366. The minimum Gasteiger partial charge on any atom is -0.435 e. The first-order valence-corrected chi connectivity index (χ1v) is 6.31. The van der Waals surface area contributed by atoms with Crippen LogP contribution in [-0.2, 0) is 0 Å². The summed E-state index contributed by atoms with van der Waals surface area (Å²) in [6, 6.07) is 11.6. The number of rotatable bonds is 2. The quantitative estimate of drug-likeness (QED) is 0.649. The fraction of sp³-hybridized carbons (Fsp3) is 0. The van der Waals surface area contributed by atoms with Crippen molar-refractivity contribution < 1.29 is 4.42 Å². The van der Waals surface area contributed by atoms with E-state index in [0.29, 0.717) is 17.0 Å². The van der Waals surface area contributed by atoms with Crippen molar-refractivity contribution in [1.29, 1.82) is 5.26 Å². The van der Waals surface area contributed by atoms with Gasteiger partial charge in [-0.25, -0.2) is 4.98 Å². The maximum Gasteiger partial charge on any atom is 0.238 e. The summed E-state index contributed by atoms with van der Waals surface area (Å²) in [6.07, 6.45) is 1.78. The molecule has 3 aromatic rings. The van der Waals surface area contributed by atoms with Crippen LogP contribution in [0.5, 0.6) is 0 Å². The number of nitriles is 1. The van der Waals surface area contributed by atoms with Crippen molar-refractivity contribution in [2.24, 2.45) is 0 Å². The molecule has 0 bridgehead atoms. The van der Waals surface area contributed by atoms with Gasteiger partial charge in [-0.05, 0) is 40.6 Å². The molecule has 86 valence electrons. The largest absolute Gasteiger partial charge is 0.435 e. The van der Waals surface area contributed by atoms with Gasteiger partial charge in [0.2, 0.25) is 5.89 Å². The van der Waals surface area contributed by atoms with Gasteiger partial charge in [-0.15, -0.1) is 0 Å². The van der Waals surface area contributed by atoms with Gasteiger partial charge in [0.25, 0.3) is 0 Å². The second kappa shape index (κ2) is 4.47. The Bertz CT molecular complexity index is 715. The average molecular weight is 252 g/mol. The van der Waals surface area contributed by atoms with Gasteiger partial charge >= 0.3 is 0 Å². The van der Waals surface area contributed by atoms with E-state index in [1.54, 1.807) is 17.4 Å². The number of nitrogens with zero attached hydrogens (tertiary/aromatic N) is 2. The highest BCUT2D eigenvalue weighted by atomic mass is 32.1. The van der Waals surface area contributed by atoms with Crippen LogP contribution in [-0.4, -0.2) is 4.98 Å². The molecule has 18 heavy (non-hydrogen) atoms. The molecule has 2 heterocycles. The number of aromatic nitrogens is 1. The minimum absolute atomic E-state index is 0.366. The summed E-state index contributed by atoms with van der Waals surface area (Å²) in [5.41, 5.74) is 2.88. The fourth-order valence-electron chi connectivity index (χ4n) is 1.65. The second-order valence-corrected chi connectivity index (χ2v) is 4.49. The van der Waals surface area contributed by atoms with Crippen LogP contribution >= 0.6 is 11.3 Å². The third kappa shape index (κ3) is 1.92. The van der Waals surface area contributed by atoms with E-state index in [-0.39, 0.29) is 0 Å². The zero-order valence-electron chi connectivity index (χ0n) is 9.33. The molecule has 0 radical (unpaired) electrons. The van der Waals surface area contributed by atoms with Gasteiger partial charge in [-0.1, -0.05) is 12.1 Å². The van der Waals surface area contributed by atoms with E-state index in [1.807, 2.05) is 41.1 Å². The summed E-state index contributed by atoms with van der Waals surface area (Å²) >= 11 is 1.59. The Labute approximate surface area is 108 Å². The van der Waals surface area contributed by atoms with Crippen molar-refractivity contribution in [3.05, 3.63) is 52.5 Å². The molecule has 0 saturated carbocycles. The van der Waals surface area contributed by atoms with E-state index < -0.39 is 0 Å². The van der Waals surface area contributed by atoms with E-state index in [0.717, 1.165) is 11.1 Å². The highest BCUT2D eigenvalue weighted by Gasteiger charge is 2.10. The molecular formula is C14H8N2OS. The Morgan fingerprint density at radius 2 is 2.22 bits per heavy atom. The van der Waals surface area contributed by atoms with Crippen molar-refractivity contribution in [2.45, 2.75) is 0 Å². The first-order valence-electron chi connectivity index (χ1n) is 5.37. The Hall–Kier alpha value is -2.38. The first kappa shape index (κ1) is 10.8. The molecule has 3 rings (SSSR count). The van der Waals surface area contributed by atoms with E-state index in [4.69, 9.17) is 4.42 Å². The van der Waals surface area contributed by atoms with Gasteiger partial charge in [-0.2, -0.15) is 16.6 Å². The third-order valence-electron chi connectivity index (χ3n) is 2.50. The first-order chi connectivity index (χ1) is 8.86. The lowest BCUT2D eigenvalue weighted by atomic mass is 10.2. The molecule has 0 aliphatic heterocycles. The Balaban J connectivity index is 2.09. The molecule has 3 nitrogen and oxygen atoms in total. The summed E-state index contributed by atoms with van der Waals surface area (Å²) < 4.78 is 5.57. The highest BCUT2D eigenvalue weighted by Crippen LogP contribution is 2.22. The van der Waals surface area contributed by atoms with Gasteiger partial charge in [0.05, 0.1) is 0 Å². The molecule has 0 N–H and O–H groups in total. The summed E-state index contributed by atoms with van der Waals surface area (Å²) in [4.78, 5) is 4.31. The van der Waals surface area contributed by atoms with Crippen LogP contribution < -0.4 is 0 Å². The summed E-state index contributed by atoms with van der Waals surface area (Å²) in [7, 11) is 0. The van der Waals surface area contributed by atoms with Crippen LogP contribution in [0.25, 0.3) is 22.7 Å². The van der Waals surface area contributed by atoms with Crippen molar-refractivity contribution in [1.82, 2.24) is 4.98 Å². The molecule has 0 saturated heterocycles. The zero-order valence-corrected chi connectivity index (χ0v) is 10.1. The number of benzene rings is 1. The highest BCUT2D eigenvalue weighted by molar-refractivity contribution is 7.08. The molecule has 0 unspecified atom stereocenters. The van der Waals surface area contributed by atoms with Crippen molar-refractivity contribution in [3.8, 4) is 6.07 Å². The van der Waals surface area contributed by atoms with E-state index in [9.17, 15) is 5.26 Å². The molecule has 0 atom stereocenters. The third-order valence-corrected chi connectivity index (χ3v) is 3.20. The lowest BCUT2D eigenvalue weighted by Gasteiger charge is -1.89. The predicted octanol–water partition coefficient (Wildman–Crippen LogP) is 3.95. The zero-order chi connectivity index (χ0) is 12.4. The number of thiophene rings is 1. The van der Waals surface area contributed by atoms with Gasteiger partial charge in [0.15, 0.2) is 5.58 Å². The molecule has 0 amide bonds. The topological polar surface area (TPSA) is 49.8 Å². The molecule has 2 aromatic heterocycles. The fourth-order valence-corrected chi connectivity index (χ4v) is 2.27. The van der Waals surface area contributed by atoms with Crippen molar-refractivity contribution in [2.75, 3.05) is 0 Å². The van der Waals surface area contributed by atoms with Crippen LogP contribution in [0.1, 0.15) is 11.5 Å². The summed E-state index contributed by atoms with van der Waals surface area (Å²) in [6.45, 7) is 0. The van der Waals surface area contributed by atoms with E-state index in [2.05, 4.69) is 11.1 Å². The van der Waals surface area contributed by atoms with Gasteiger partial charge in [-0.3, -0.25) is 0 Å². The number of para-hydroxylation sites is 2. The predicted molar refractivity (Wildman–Crippen MR) is 71.8 cm³/mol. The van der Waals surface area contributed by atoms with Crippen LogP contribution in [0, 0.1) is 11.3 Å². The van der Waals surface area contributed by atoms with E-state index >= 15 is 0 Å². The average Bonchev–Trinajstić information content (AvgIpc) is 3.04. The molecule has 0 spiro atoms. The number of hydrogen-bond donors (Lipinski definition) is 0. The van der Waals surface area contributed by atoms with Gasteiger partial charge in [0.1, 0.15) is 17.2 Å². The molecule has 0 aliphatic rings. The summed E-state index contributed by atoms with van der Waals surface area (Å²) in [5, 5.41) is 13.1. The Morgan fingerprint density at radius 3 is 2.94 bits per heavy atom. The number of hydrogen-bond acceptors (Lipinski definition) is 4. The lowest BCUT2D eigenvalue weighted by molar-refractivity contribution is 0.586. The Kier molecular flexibility index (Phi) is 2.67. The van der Waals surface area contributed by atoms with Crippen LogP contribution in [0.4, 0.5) is 0 Å². The van der Waals surface area contributed by atoms with Crippen molar-refractivity contribution >= 4 is 34.1 Å².